The number of halogens is 3. The second-order valence-corrected chi connectivity index (χ2v) is 12.7. The molecule has 0 amide bonds. The summed E-state index contributed by atoms with van der Waals surface area (Å²) in [6.45, 7) is 0. The first-order valence-corrected chi connectivity index (χ1v) is 17.0. The van der Waals surface area contributed by atoms with Gasteiger partial charge in [-0.05, 0) is 90.1 Å². The third kappa shape index (κ3) is 5.50. The molecule has 0 aliphatic carbocycles. The minimum atomic E-state index is -4.62. The highest BCUT2D eigenvalue weighted by Gasteiger charge is 2.32. The molecule has 0 atom stereocenters. The molecular weight excluding hydrogens is 686 g/mol. The van der Waals surface area contributed by atoms with Crippen LogP contribution < -0.4 is 11.5 Å². The number of nitrogen functional groups attached to an aromatic ring is 1. The number of aromatic nitrogens is 6. The standard InChI is InChI=1S/C43H29F3N8/c44-43(45,46)40-13-5-9-33(51-40)35-23-27(26-15-17-28(18-16-26)53-37-11-3-2-8-30(37)32(19-21-47)42(53)48)24-36(50-35)34-10-6-14-41(52-34)54-38-12-4-1-7-29(38)31-20-22-49-25-39(31)54/h1-25H,47-48H2/b21-19-. The first kappa shape index (κ1) is 32.6. The highest BCUT2D eigenvalue weighted by molar-refractivity contribution is 6.08. The summed E-state index contributed by atoms with van der Waals surface area (Å²) in [5, 5.41) is 3.06. The molecule has 0 radical (unpaired) electrons. The van der Waals surface area contributed by atoms with Gasteiger partial charge < -0.3 is 11.5 Å². The van der Waals surface area contributed by atoms with Gasteiger partial charge >= 0.3 is 6.18 Å². The molecule has 0 saturated carbocycles. The molecule has 11 heteroatoms. The van der Waals surface area contributed by atoms with Gasteiger partial charge in [0.15, 0.2) is 0 Å². The van der Waals surface area contributed by atoms with E-state index < -0.39 is 11.9 Å². The first-order valence-electron chi connectivity index (χ1n) is 17.0. The molecule has 9 rings (SSSR count). The highest BCUT2D eigenvalue weighted by atomic mass is 19.4. The van der Waals surface area contributed by atoms with Gasteiger partial charge in [-0.15, -0.1) is 0 Å². The minimum Gasteiger partial charge on any atom is -0.405 e. The van der Waals surface area contributed by atoms with Crippen molar-refractivity contribution >= 4 is 44.6 Å². The van der Waals surface area contributed by atoms with E-state index in [4.69, 9.17) is 21.4 Å². The van der Waals surface area contributed by atoms with Gasteiger partial charge in [0.1, 0.15) is 17.3 Å². The molecule has 0 aliphatic heterocycles. The second-order valence-electron chi connectivity index (χ2n) is 12.7. The van der Waals surface area contributed by atoms with E-state index in [9.17, 15) is 13.2 Å². The summed E-state index contributed by atoms with van der Waals surface area (Å²) in [4.78, 5) is 18.3. The minimum absolute atomic E-state index is 0.0845. The van der Waals surface area contributed by atoms with Crippen molar-refractivity contribution in [2.45, 2.75) is 6.18 Å². The number of anilines is 1. The van der Waals surface area contributed by atoms with E-state index in [0.29, 0.717) is 28.6 Å². The topological polar surface area (TPSA) is 113 Å². The van der Waals surface area contributed by atoms with Crippen LogP contribution in [-0.4, -0.2) is 29.1 Å². The van der Waals surface area contributed by atoms with E-state index in [1.54, 1.807) is 18.3 Å². The Hall–Kier alpha value is -7.27. The van der Waals surface area contributed by atoms with Crippen LogP contribution in [0, 0.1) is 0 Å². The Labute approximate surface area is 306 Å². The number of pyridine rings is 4. The lowest BCUT2D eigenvalue weighted by atomic mass is 10.0. The zero-order valence-electron chi connectivity index (χ0n) is 28.4. The molecule has 9 aromatic rings. The van der Waals surface area contributed by atoms with Gasteiger partial charge in [-0.2, -0.15) is 13.2 Å². The Morgan fingerprint density at radius 2 is 1.22 bits per heavy atom. The molecule has 54 heavy (non-hydrogen) atoms. The molecule has 0 fully saturated rings. The molecule has 6 heterocycles. The predicted octanol–water partition coefficient (Wildman–Crippen LogP) is 9.84. The number of hydrogen-bond acceptors (Lipinski definition) is 6. The largest absolute Gasteiger partial charge is 0.433 e. The van der Waals surface area contributed by atoms with E-state index in [0.717, 1.165) is 55.6 Å². The first-order chi connectivity index (χ1) is 26.3. The fraction of sp³-hybridized carbons (Fsp3) is 0.0233. The van der Waals surface area contributed by atoms with Crippen molar-refractivity contribution in [1.29, 1.82) is 0 Å². The number of para-hydroxylation sites is 2. The average molecular weight is 715 g/mol. The molecule has 0 unspecified atom stereocenters. The summed E-state index contributed by atoms with van der Waals surface area (Å²) < 4.78 is 45.4. The molecule has 3 aromatic carbocycles. The van der Waals surface area contributed by atoms with Gasteiger partial charge in [-0.3, -0.25) is 14.1 Å². The zero-order chi connectivity index (χ0) is 37.0. The summed E-state index contributed by atoms with van der Waals surface area (Å²) in [6.07, 6.45) is 2.20. The second kappa shape index (κ2) is 12.7. The van der Waals surface area contributed by atoms with Gasteiger partial charge in [0.25, 0.3) is 0 Å². The number of nitrogens with two attached hydrogens (primary N) is 2. The Balaban J connectivity index is 1.19. The van der Waals surface area contributed by atoms with Crippen LogP contribution in [0.25, 0.3) is 84.2 Å². The van der Waals surface area contributed by atoms with E-state index in [1.807, 2.05) is 112 Å². The number of benzene rings is 3. The number of hydrogen-bond donors (Lipinski definition) is 2. The third-order valence-corrected chi connectivity index (χ3v) is 9.50. The van der Waals surface area contributed by atoms with Gasteiger partial charge in [0.05, 0.1) is 45.5 Å². The Kier molecular flexibility index (Phi) is 7.70. The predicted molar refractivity (Wildman–Crippen MR) is 208 cm³/mol. The van der Waals surface area contributed by atoms with Crippen molar-refractivity contribution in [2.24, 2.45) is 5.73 Å². The molecular formula is C43H29F3N8. The fourth-order valence-corrected chi connectivity index (χ4v) is 7.09. The van der Waals surface area contributed by atoms with Crippen LogP contribution in [0.4, 0.5) is 19.0 Å². The maximum absolute atomic E-state index is 13.8. The van der Waals surface area contributed by atoms with Crippen molar-refractivity contribution < 1.29 is 13.2 Å². The summed E-state index contributed by atoms with van der Waals surface area (Å²) in [5.74, 6) is 1.18. The van der Waals surface area contributed by atoms with Crippen LogP contribution in [0.1, 0.15) is 11.3 Å². The van der Waals surface area contributed by atoms with Crippen LogP contribution in [0.5, 0.6) is 0 Å². The van der Waals surface area contributed by atoms with E-state index in [1.165, 1.54) is 18.3 Å². The van der Waals surface area contributed by atoms with Crippen molar-refractivity contribution in [2.75, 3.05) is 5.73 Å². The van der Waals surface area contributed by atoms with Crippen LogP contribution in [-0.2, 0) is 6.18 Å². The van der Waals surface area contributed by atoms with Crippen LogP contribution in [0.2, 0.25) is 0 Å². The normalized spacial score (nSPS) is 12.1. The SMILES string of the molecule is N/C=C\c1c(N)n(-c2ccc(-c3cc(-c4cccc(-n5c6ccccc6c6ccncc65)n4)nc(-c4cccc(C(F)(F)F)n4)c3)cc2)c2ccccc12. The number of rotatable bonds is 6. The summed E-state index contributed by atoms with van der Waals surface area (Å²) >= 11 is 0. The van der Waals surface area contributed by atoms with Gasteiger partial charge in [0, 0.05) is 33.6 Å². The Bertz CT molecular complexity index is 2850. The van der Waals surface area contributed by atoms with Crippen LogP contribution >= 0.6 is 0 Å². The third-order valence-electron chi connectivity index (χ3n) is 9.50. The number of fused-ring (bicyclic) bond motifs is 4. The molecule has 8 nitrogen and oxygen atoms in total. The molecule has 0 aliphatic rings. The van der Waals surface area contributed by atoms with E-state index in [2.05, 4.69) is 16.0 Å². The molecule has 0 bridgehead atoms. The van der Waals surface area contributed by atoms with Crippen molar-refractivity contribution in [3.63, 3.8) is 0 Å². The maximum atomic E-state index is 13.8. The van der Waals surface area contributed by atoms with Gasteiger partial charge in [-0.25, -0.2) is 15.0 Å². The quantitative estimate of drug-likeness (QED) is 0.177. The number of alkyl halides is 3. The van der Waals surface area contributed by atoms with Crippen molar-refractivity contribution in [3.8, 4) is 45.4 Å². The highest BCUT2D eigenvalue weighted by Crippen LogP contribution is 2.36. The fourth-order valence-electron chi connectivity index (χ4n) is 7.09. The monoisotopic (exact) mass is 714 g/mol. The van der Waals surface area contributed by atoms with Gasteiger partial charge in [-0.1, -0.05) is 60.7 Å². The maximum Gasteiger partial charge on any atom is 0.433 e. The van der Waals surface area contributed by atoms with Crippen LogP contribution in [0.15, 0.2) is 146 Å². The van der Waals surface area contributed by atoms with Crippen LogP contribution in [0.3, 0.4) is 0 Å². The summed E-state index contributed by atoms with van der Waals surface area (Å²) in [7, 11) is 0. The molecule has 6 aromatic heterocycles. The molecule has 0 spiro atoms. The van der Waals surface area contributed by atoms with Crippen molar-refractivity contribution in [3.05, 3.63) is 157 Å². The van der Waals surface area contributed by atoms with E-state index >= 15 is 0 Å². The van der Waals surface area contributed by atoms with Gasteiger partial charge in [0.2, 0.25) is 0 Å². The lowest BCUT2D eigenvalue weighted by Crippen LogP contribution is -2.08. The average Bonchev–Trinajstić information content (AvgIpc) is 3.69. The smallest absolute Gasteiger partial charge is 0.405 e. The summed E-state index contributed by atoms with van der Waals surface area (Å²) in [5.41, 5.74) is 18.7. The molecule has 4 N–H and O–H groups in total. The van der Waals surface area contributed by atoms with E-state index in [-0.39, 0.29) is 11.4 Å². The Morgan fingerprint density at radius 1 is 0.574 bits per heavy atom. The zero-order valence-corrected chi connectivity index (χ0v) is 28.4. The lowest BCUT2D eigenvalue weighted by molar-refractivity contribution is -0.141. The summed E-state index contributed by atoms with van der Waals surface area (Å²) in [6, 6.07) is 38.8. The van der Waals surface area contributed by atoms with Crippen molar-refractivity contribution in [1.82, 2.24) is 29.1 Å². The molecule has 262 valence electrons. The lowest BCUT2D eigenvalue weighted by Gasteiger charge is -2.13. The Morgan fingerprint density at radius 3 is 1.94 bits per heavy atom. The number of nitrogens with zero attached hydrogens (tertiary/aromatic N) is 6. The molecule has 0 saturated heterocycles.